The van der Waals surface area contributed by atoms with Gasteiger partial charge in [0.15, 0.2) is 22.0 Å². The van der Waals surface area contributed by atoms with Crippen molar-refractivity contribution in [3.05, 3.63) is 95.1 Å². The number of benzene rings is 3. The molecule has 0 amide bonds. The third-order valence-electron chi connectivity index (χ3n) is 7.14. The summed E-state index contributed by atoms with van der Waals surface area (Å²) in [6, 6.07) is 24.2. The van der Waals surface area contributed by atoms with Crippen LogP contribution in [0.15, 0.2) is 83.1 Å². The van der Waals surface area contributed by atoms with Crippen molar-refractivity contribution in [3.8, 4) is 22.8 Å². The summed E-state index contributed by atoms with van der Waals surface area (Å²) in [6.07, 6.45) is 0.685. The van der Waals surface area contributed by atoms with Crippen LogP contribution in [0, 0.1) is 13.8 Å². The average molecular weight is 565 g/mol. The zero-order valence-corrected chi connectivity index (χ0v) is 23.4. The van der Waals surface area contributed by atoms with Crippen LogP contribution in [0.1, 0.15) is 55.2 Å². The number of fused-ring (bicyclic) bond motifs is 2. The largest absolute Gasteiger partial charge is 0.272 e. The fourth-order valence-corrected chi connectivity index (χ4v) is 7.16. The first kappa shape index (κ1) is 25.0. The molecule has 8 nitrogen and oxygen atoms in total. The Hall–Kier alpha value is -4.02. The molecule has 2 unspecified atom stereocenters. The minimum absolute atomic E-state index is 0.0510. The molecule has 0 spiro atoms. The monoisotopic (exact) mass is 564 g/mol. The van der Waals surface area contributed by atoms with E-state index in [4.69, 9.17) is 0 Å². The number of hydrogen-bond acceptors (Lipinski definition) is 8. The van der Waals surface area contributed by atoms with E-state index in [1.165, 1.54) is 9.36 Å². The van der Waals surface area contributed by atoms with Crippen molar-refractivity contribution in [2.75, 3.05) is 0 Å². The van der Waals surface area contributed by atoms with Gasteiger partial charge >= 0.3 is 0 Å². The van der Waals surface area contributed by atoms with Crippen LogP contribution >= 0.6 is 23.5 Å². The highest BCUT2D eigenvalue weighted by atomic mass is 32.2. The van der Waals surface area contributed by atoms with Crippen LogP contribution in [-0.2, 0) is 0 Å². The Morgan fingerprint density at radius 1 is 0.600 bits per heavy atom. The van der Waals surface area contributed by atoms with E-state index in [1.807, 2.05) is 62.4 Å². The normalized spacial score (nSPS) is 18.4. The molecule has 5 aromatic rings. The van der Waals surface area contributed by atoms with Gasteiger partial charge in [-0.2, -0.15) is 9.36 Å². The van der Waals surface area contributed by atoms with Gasteiger partial charge < -0.3 is 0 Å². The smallest absolute Gasteiger partial charge is 0.250 e. The number of aromatic nitrogens is 6. The Labute approximate surface area is 239 Å². The van der Waals surface area contributed by atoms with E-state index in [9.17, 15) is 9.59 Å². The Kier molecular flexibility index (Phi) is 6.16. The lowest BCUT2D eigenvalue weighted by atomic mass is 10.0. The fourth-order valence-electron chi connectivity index (χ4n) is 4.85. The van der Waals surface area contributed by atoms with Crippen molar-refractivity contribution in [1.29, 1.82) is 0 Å². The Morgan fingerprint density at radius 2 is 0.975 bits per heavy atom. The maximum Gasteiger partial charge on any atom is 0.250 e. The number of carbonyl (C=O) groups is 2. The zero-order valence-electron chi connectivity index (χ0n) is 21.8. The van der Waals surface area contributed by atoms with Crippen LogP contribution in [0.2, 0.25) is 0 Å². The second-order valence-electron chi connectivity index (χ2n) is 10.1. The van der Waals surface area contributed by atoms with Gasteiger partial charge in [-0.05, 0) is 25.0 Å². The lowest BCUT2D eigenvalue weighted by Crippen LogP contribution is -2.21. The molecule has 10 heteroatoms. The van der Waals surface area contributed by atoms with Crippen molar-refractivity contribution in [2.45, 2.75) is 47.5 Å². The van der Waals surface area contributed by atoms with Gasteiger partial charge in [0.2, 0.25) is 0 Å². The van der Waals surface area contributed by atoms with Crippen molar-refractivity contribution in [3.63, 3.8) is 0 Å². The maximum atomic E-state index is 12.9. The van der Waals surface area contributed by atoms with E-state index >= 15 is 0 Å². The third-order valence-corrected chi connectivity index (χ3v) is 9.54. The minimum atomic E-state index is -0.0640. The summed E-state index contributed by atoms with van der Waals surface area (Å²) in [4.78, 5) is 35.2. The van der Waals surface area contributed by atoms with E-state index < -0.39 is 0 Å². The molecule has 7 rings (SSSR count). The fraction of sp³-hybridized carbons (Fsp3) is 0.200. The van der Waals surface area contributed by atoms with Gasteiger partial charge in [-0.25, -0.2) is 9.97 Å². The summed E-state index contributed by atoms with van der Waals surface area (Å²) in [5.74, 6) is 0.991. The van der Waals surface area contributed by atoms with Gasteiger partial charge in [0.1, 0.15) is 0 Å². The highest BCUT2D eigenvalue weighted by Crippen LogP contribution is 2.44. The van der Waals surface area contributed by atoms with E-state index in [0.717, 1.165) is 33.4 Å². The third kappa shape index (κ3) is 4.56. The van der Waals surface area contributed by atoms with Gasteiger partial charge in [0, 0.05) is 34.5 Å². The van der Waals surface area contributed by atoms with Gasteiger partial charge in [-0.15, -0.1) is 10.2 Å². The predicted octanol–water partition coefficient (Wildman–Crippen LogP) is 6.58. The molecule has 2 aliphatic rings. The quantitative estimate of drug-likeness (QED) is 0.242. The molecule has 2 aromatic heterocycles. The van der Waals surface area contributed by atoms with Crippen LogP contribution in [0.4, 0.5) is 0 Å². The van der Waals surface area contributed by atoms with E-state index in [-0.39, 0.29) is 22.3 Å². The van der Waals surface area contributed by atoms with Crippen molar-refractivity contribution in [1.82, 2.24) is 29.5 Å². The molecule has 0 N–H and O–H groups in total. The SMILES string of the molecule is Cc1ccc(-c2nc3n(n2)C(=O)CC(c2ccc(C4CC(=O)n5nc(-c6ccc(C)cc6)nc5S4)cc2)S3)cc1. The van der Waals surface area contributed by atoms with Crippen LogP contribution in [0.5, 0.6) is 0 Å². The number of hydrogen-bond donors (Lipinski definition) is 0. The number of nitrogens with zero attached hydrogens (tertiary/aromatic N) is 6. The molecule has 2 aliphatic heterocycles. The summed E-state index contributed by atoms with van der Waals surface area (Å²) in [5.41, 5.74) is 6.19. The van der Waals surface area contributed by atoms with Gasteiger partial charge in [0.05, 0.1) is 0 Å². The summed E-state index contributed by atoms with van der Waals surface area (Å²) in [6.45, 7) is 4.06. The molecular formula is C30H24N6O2S2. The predicted molar refractivity (Wildman–Crippen MR) is 155 cm³/mol. The average Bonchev–Trinajstić information content (AvgIpc) is 3.59. The van der Waals surface area contributed by atoms with Crippen molar-refractivity contribution in [2.24, 2.45) is 0 Å². The van der Waals surface area contributed by atoms with E-state index in [2.05, 4.69) is 44.4 Å². The lowest BCUT2D eigenvalue weighted by molar-refractivity contribution is 0.0860. The van der Waals surface area contributed by atoms with Crippen molar-refractivity contribution < 1.29 is 9.59 Å². The number of thioether (sulfide) groups is 2. The number of rotatable bonds is 4. The Balaban J connectivity index is 1.08. The summed E-state index contributed by atoms with van der Waals surface area (Å²) < 4.78 is 2.85. The molecule has 0 saturated carbocycles. The Morgan fingerprint density at radius 3 is 1.35 bits per heavy atom. The number of aryl methyl sites for hydroxylation is 2. The molecule has 3 aromatic carbocycles. The topological polar surface area (TPSA) is 95.6 Å². The maximum absolute atomic E-state index is 12.9. The highest BCUT2D eigenvalue weighted by molar-refractivity contribution is 7.99. The zero-order chi connectivity index (χ0) is 27.4. The van der Waals surface area contributed by atoms with Crippen molar-refractivity contribution >= 4 is 35.3 Å². The molecule has 0 fully saturated rings. The summed E-state index contributed by atoms with van der Waals surface area (Å²) in [7, 11) is 0. The first-order chi connectivity index (χ1) is 19.4. The molecule has 198 valence electrons. The Bertz CT molecular complexity index is 1630. The summed E-state index contributed by atoms with van der Waals surface area (Å²) in [5, 5.41) is 10.1. The number of carbonyl (C=O) groups excluding carboxylic acids is 2. The van der Waals surface area contributed by atoms with E-state index in [0.29, 0.717) is 34.8 Å². The summed E-state index contributed by atoms with van der Waals surface area (Å²) >= 11 is 3.11. The van der Waals surface area contributed by atoms with Crippen LogP contribution in [0.3, 0.4) is 0 Å². The second kappa shape index (κ2) is 9.87. The first-order valence-corrected chi connectivity index (χ1v) is 14.7. The molecule has 0 bridgehead atoms. The van der Waals surface area contributed by atoms with Gasteiger partial charge in [0.25, 0.3) is 11.8 Å². The second-order valence-corrected chi connectivity index (χ2v) is 12.4. The molecular weight excluding hydrogens is 541 g/mol. The molecule has 4 heterocycles. The van der Waals surface area contributed by atoms with Crippen LogP contribution in [-0.4, -0.2) is 41.3 Å². The first-order valence-electron chi connectivity index (χ1n) is 13.0. The van der Waals surface area contributed by atoms with Gasteiger partial charge in [-0.3, -0.25) is 9.59 Å². The van der Waals surface area contributed by atoms with E-state index in [1.54, 1.807) is 23.5 Å². The van der Waals surface area contributed by atoms with Crippen LogP contribution < -0.4 is 0 Å². The minimum Gasteiger partial charge on any atom is -0.272 e. The van der Waals surface area contributed by atoms with Gasteiger partial charge in [-0.1, -0.05) is 107 Å². The standard InChI is InChI=1S/C30H24N6O2S2/c1-17-3-7-21(8-4-17)27-31-29-35(33-27)25(37)15-23(39-29)19-11-13-20(14-12-19)24-16-26(38)36-30(40-24)32-28(34-36)22-9-5-18(2)6-10-22/h3-14,23-24H,15-16H2,1-2H3. The van der Waals surface area contributed by atoms with Crippen LogP contribution in [0.25, 0.3) is 22.8 Å². The molecule has 2 atom stereocenters. The molecule has 0 saturated heterocycles. The molecule has 0 radical (unpaired) electrons. The highest BCUT2D eigenvalue weighted by Gasteiger charge is 2.32. The lowest BCUT2D eigenvalue weighted by Gasteiger charge is -2.23. The molecule has 40 heavy (non-hydrogen) atoms. The molecule has 0 aliphatic carbocycles.